The summed E-state index contributed by atoms with van der Waals surface area (Å²) in [5, 5.41) is 5.33. The summed E-state index contributed by atoms with van der Waals surface area (Å²) in [6.45, 7) is 0.736. The molecule has 3 rings (SSSR count). The van der Waals surface area contributed by atoms with Gasteiger partial charge in [-0.05, 0) is 12.0 Å². The van der Waals surface area contributed by atoms with Crippen molar-refractivity contribution in [1.82, 2.24) is 25.5 Å². The fraction of sp³-hybridized carbons (Fsp3) is 0.333. The van der Waals surface area contributed by atoms with E-state index in [1.807, 2.05) is 30.3 Å². The maximum atomic E-state index is 12.4. The highest BCUT2D eigenvalue weighted by molar-refractivity contribution is 6.05. The van der Waals surface area contributed by atoms with E-state index in [-0.39, 0.29) is 18.2 Å². The van der Waals surface area contributed by atoms with E-state index >= 15 is 0 Å². The molecule has 1 aliphatic rings. The monoisotopic (exact) mass is 355 g/mol. The molecule has 1 aromatic heterocycles. The van der Waals surface area contributed by atoms with E-state index in [1.54, 1.807) is 12.5 Å². The van der Waals surface area contributed by atoms with Crippen LogP contribution in [0.25, 0.3) is 0 Å². The molecule has 136 valence electrons. The Balaban J connectivity index is 1.44. The Morgan fingerprint density at radius 3 is 2.73 bits per heavy atom. The van der Waals surface area contributed by atoms with Crippen LogP contribution < -0.4 is 10.6 Å². The number of rotatable bonds is 8. The van der Waals surface area contributed by atoms with Crippen molar-refractivity contribution in [1.29, 1.82) is 0 Å². The van der Waals surface area contributed by atoms with Gasteiger partial charge in [0.25, 0.3) is 5.91 Å². The van der Waals surface area contributed by atoms with Gasteiger partial charge in [0, 0.05) is 31.4 Å². The number of amides is 4. The van der Waals surface area contributed by atoms with Gasteiger partial charge in [0.2, 0.25) is 5.91 Å². The average Bonchev–Trinajstić information content (AvgIpc) is 3.23. The molecular formula is C18H21N5O3. The van der Waals surface area contributed by atoms with Crippen molar-refractivity contribution < 1.29 is 14.4 Å². The molecule has 3 N–H and O–H groups in total. The number of imidazole rings is 1. The lowest BCUT2D eigenvalue weighted by Crippen LogP contribution is -2.37. The number of imide groups is 1. The normalized spacial score (nSPS) is 16.6. The number of benzene rings is 1. The van der Waals surface area contributed by atoms with Crippen molar-refractivity contribution in [2.24, 2.45) is 0 Å². The molecule has 1 atom stereocenters. The number of hydrogen-bond acceptors (Lipinski definition) is 4. The van der Waals surface area contributed by atoms with Gasteiger partial charge in [0.15, 0.2) is 0 Å². The van der Waals surface area contributed by atoms with E-state index < -0.39 is 12.1 Å². The summed E-state index contributed by atoms with van der Waals surface area (Å²) < 4.78 is 0. The van der Waals surface area contributed by atoms with Crippen LogP contribution in [-0.4, -0.2) is 51.8 Å². The minimum atomic E-state index is -0.801. The maximum Gasteiger partial charge on any atom is 0.324 e. The molecule has 1 saturated heterocycles. The van der Waals surface area contributed by atoms with Crippen LogP contribution in [0.4, 0.5) is 4.79 Å². The second-order valence-corrected chi connectivity index (χ2v) is 6.11. The SMILES string of the molecule is O=C(C[C@@H]1NC(=O)N(CCc2ccccc2)C1=O)NCCc1cnc[nH]1. The van der Waals surface area contributed by atoms with Gasteiger partial charge < -0.3 is 15.6 Å². The van der Waals surface area contributed by atoms with Crippen LogP contribution in [0.5, 0.6) is 0 Å². The first-order valence-electron chi connectivity index (χ1n) is 8.53. The number of carbonyl (C=O) groups excluding carboxylic acids is 3. The number of H-pyrrole nitrogens is 1. The molecule has 0 radical (unpaired) electrons. The van der Waals surface area contributed by atoms with Crippen molar-refractivity contribution >= 4 is 17.8 Å². The molecule has 26 heavy (non-hydrogen) atoms. The standard InChI is InChI=1S/C18H21N5O3/c24-16(20-8-6-14-11-19-12-21-14)10-15-17(25)23(18(26)22-15)9-7-13-4-2-1-3-5-13/h1-5,11-12,15H,6-10H2,(H,19,21)(H,20,24)(H,22,26)/t15-/m0/s1. The molecule has 8 nitrogen and oxygen atoms in total. The van der Waals surface area contributed by atoms with E-state index in [2.05, 4.69) is 20.6 Å². The topological polar surface area (TPSA) is 107 Å². The highest BCUT2D eigenvalue weighted by Crippen LogP contribution is 2.11. The van der Waals surface area contributed by atoms with Crippen LogP contribution in [0.15, 0.2) is 42.9 Å². The van der Waals surface area contributed by atoms with E-state index in [0.717, 1.165) is 11.3 Å². The highest BCUT2D eigenvalue weighted by Gasteiger charge is 2.38. The summed E-state index contributed by atoms with van der Waals surface area (Å²) in [5.74, 6) is -0.622. The first-order chi connectivity index (χ1) is 12.6. The zero-order valence-corrected chi connectivity index (χ0v) is 14.3. The molecular weight excluding hydrogens is 334 g/mol. The fourth-order valence-corrected chi connectivity index (χ4v) is 2.83. The van der Waals surface area contributed by atoms with Gasteiger partial charge in [-0.1, -0.05) is 30.3 Å². The van der Waals surface area contributed by atoms with Crippen LogP contribution in [-0.2, 0) is 22.4 Å². The largest absolute Gasteiger partial charge is 0.356 e. The summed E-state index contributed by atoms with van der Waals surface area (Å²) in [5.41, 5.74) is 1.97. The fourth-order valence-electron chi connectivity index (χ4n) is 2.83. The van der Waals surface area contributed by atoms with Crippen LogP contribution in [0, 0.1) is 0 Å². The van der Waals surface area contributed by atoms with E-state index in [4.69, 9.17) is 0 Å². The Morgan fingerprint density at radius 1 is 1.19 bits per heavy atom. The summed E-state index contributed by atoms with van der Waals surface area (Å²) in [7, 11) is 0. The third-order valence-electron chi connectivity index (χ3n) is 4.23. The van der Waals surface area contributed by atoms with E-state index in [1.165, 1.54) is 4.90 Å². The lowest BCUT2D eigenvalue weighted by Gasteiger charge is -2.13. The highest BCUT2D eigenvalue weighted by atomic mass is 16.2. The number of hydrogen-bond donors (Lipinski definition) is 3. The number of nitrogens with one attached hydrogen (secondary N) is 3. The summed E-state index contributed by atoms with van der Waals surface area (Å²) in [6.07, 6.45) is 4.42. The Hall–Kier alpha value is -3.16. The lowest BCUT2D eigenvalue weighted by molar-refractivity contribution is -0.130. The van der Waals surface area contributed by atoms with Gasteiger partial charge >= 0.3 is 6.03 Å². The number of aromatic amines is 1. The van der Waals surface area contributed by atoms with E-state index in [9.17, 15) is 14.4 Å². The molecule has 1 fully saturated rings. The van der Waals surface area contributed by atoms with Crippen LogP contribution in [0.3, 0.4) is 0 Å². The van der Waals surface area contributed by atoms with Crippen molar-refractivity contribution in [2.45, 2.75) is 25.3 Å². The molecule has 0 aliphatic carbocycles. The zero-order chi connectivity index (χ0) is 18.4. The average molecular weight is 355 g/mol. The Morgan fingerprint density at radius 2 is 2.00 bits per heavy atom. The lowest BCUT2D eigenvalue weighted by atomic mass is 10.1. The van der Waals surface area contributed by atoms with Crippen molar-refractivity contribution in [3.63, 3.8) is 0 Å². The summed E-state index contributed by atoms with van der Waals surface area (Å²) >= 11 is 0. The summed E-state index contributed by atoms with van der Waals surface area (Å²) in [6, 6.07) is 8.39. The third-order valence-corrected chi connectivity index (χ3v) is 4.23. The maximum absolute atomic E-state index is 12.4. The van der Waals surface area contributed by atoms with Gasteiger partial charge in [0.1, 0.15) is 6.04 Å². The molecule has 0 saturated carbocycles. The van der Waals surface area contributed by atoms with Crippen LogP contribution >= 0.6 is 0 Å². The van der Waals surface area contributed by atoms with Crippen molar-refractivity contribution in [3.8, 4) is 0 Å². The molecule has 4 amide bonds. The number of urea groups is 1. The zero-order valence-electron chi connectivity index (χ0n) is 14.3. The summed E-state index contributed by atoms with van der Waals surface area (Å²) in [4.78, 5) is 44.4. The van der Waals surface area contributed by atoms with Gasteiger partial charge in [0.05, 0.1) is 12.7 Å². The minimum absolute atomic E-state index is 0.0601. The van der Waals surface area contributed by atoms with E-state index in [0.29, 0.717) is 25.9 Å². The molecule has 1 aliphatic heterocycles. The molecule has 8 heteroatoms. The second kappa shape index (κ2) is 8.28. The van der Waals surface area contributed by atoms with Crippen LogP contribution in [0.1, 0.15) is 17.7 Å². The van der Waals surface area contributed by atoms with Crippen molar-refractivity contribution in [2.75, 3.05) is 13.1 Å². The molecule has 0 spiro atoms. The Labute approximate surface area is 151 Å². The second-order valence-electron chi connectivity index (χ2n) is 6.11. The van der Waals surface area contributed by atoms with Crippen molar-refractivity contribution in [3.05, 3.63) is 54.1 Å². The smallest absolute Gasteiger partial charge is 0.324 e. The first-order valence-corrected chi connectivity index (χ1v) is 8.53. The van der Waals surface area contributed by atoms with Gasteiger partial charge in [-0.25, -0.2) is 9.78 Å². The Bertz CT molecular complexity index is 760. The first kappa shape index (κ1) is 17.7. The number of nitrogens with zero attached hydrogens (tertiary/aromatic N) is 2. The quantitative estimate of drug-likeness (QED) is 0.604. The molecule has 2 heterocycles. The molecule has 0 unspecified atom stereocenters. The van der Waals surface area contributed by atoms with Gasteiger partial charge in [-0.2, -0.15) is 0 Å². The predicted octanol–water partition coefficient (Wildman–Crippen LogP) is 0.622. The number of aromatic nitrogens is 2. The van der Waals surface area contributed by atoms with Crippen LogP contribution in [0.2, 0.25) is 0 Å². The molecule has 2 aromatic rings. The third kappa shape index (κ3) is 4.47. The Kier molecular flexibility index (Phi) is 5.62. The molecule has 0 bridgehead atoms. The predicted molar refractivity (Wildman–Crippen MR) is 94.1 cm³/mol. The minimum Gasteiger partial charge on any atom is -0.356 e. The molecule has 1 aromatic carbocycles. The van der Waals surface area contributed by atoms with Gasteiger partial charge in [-0.15, -0.1) is 0 Å². The van der Waals surface area contributed by atoms with Gasteiger partial charge in [-0.3, -0.25) is 14.5 Å². The number of carbonyl (C=O) groups is 3.